The van der Waals surface area contributed by atoms with Crippen molar-refractivity contribution in [3.8, 4) is 11.4 Å². The molecule has 30 heavy (non-hydrogen) atoms. The molecule has 0 amide bonds. The summed E-state index contributed by atoms with van der Waals surface area (Å²) in [6.07, 6.45) is 1.69. The van der Waals surface area contributed by atoms with Crippen LogP contribution in [0.25, 0.3) is 16.7 Å². The molecule has 0 bridgehead atoms. The van der Waals surface area contributed by atoms with E-state index < -0.39 is 28.6 Å². The lowest BCUT2D eigenvalue weighted by Crippen LogP contribution is -2.34. The molecule has 0 fully saturated rings. The number of aromatic amines is 1. The molecule has 0 aliphatic carbocycles. The van der Waals surface area contributed by atoms with Crippen molar-refractivity contribution in [2.75, 3.05) is 11.9 Å². The standard InChI is InChI=1S/C20H15F2N5O3/c21-12-2-1-3-13(9-12)27-18(29)14-10-24-19(25-17(14)26-20(27)30)23-7-6-11-4-5-16(28)15(22)8-11/h1-5,8-10,28H,6-7H2,(H2,23,24,25,26,30). The minimum absolute atomic E-state index is 0.0332. The molecule has 10 heteroatoms. The number of benzene rings is 2. The smallest absolute Gasteiger partial charge is 0.334 e. The van der Waals surface area contributed by atoms with Crippen molar-refractivity contribution in [3.05, 3.63) is 86.7 Å². The van der Waals surface area contributed by atoms with Gasteiger partial charge >= 0.3 is 5.69 Å². The van der Waals surface area contributed by atoms with E-state index in [0.717, 1.165) is 10.6 Å². The number of aromatic hydroxyl groups is 1. The fraction of sp³-hybridized carbons (Fsp3) is 0.100. The van der Waals surface area contributed by atoms with Gasteiger partial charge in [0.2, 0.25) is 5.95 Å². The van der Waals surface area contributed by atoms with E-state index in [0.29, 0.717) is 18.5 Å². The highest BCUT2D eigenvalue weighted by atomic mass is 19.1. The predicted molar refractivity (Wildman–Crippen MR) is 106 cm³/mol. The number of fused-ring (bicyclic) bond motifs is 1. The Labute approximate surface area is 167 Å². The van der Waals surface area contributed by atoms with Gasteiger partial charge in [0.15, 0.2) is 17.2 Å². The van der Waals surface area contributed by atoms with E-state index in [-0.39, 0.29) is 22.7 Å². The summed E-state index contributed by atoms with van der Waals surface area (Å²) in [5.74, 6) is -1.54. The summed E-state index contributed by atoms with van der Waals surface area (Å²) in [6, 6.07) is 9.20. The number of phenolic OH excluding ortho intramolecular Hbond substituents is 1. The molecular formula is C20H15F2N5O3. The van der Waals surface area contributed by atoms with Crippen LogP contribution in [0.2, 0.25) is 0 Å². The topological polar surface area (TPSA) is 113 Å². The Hall–Kier alpha value is -4.08. The number of nitrogens with zero attached hydrogens (tertiary/aromatic N) is 3. The monoisotopic (exact) mass is 411 g/mol. The molecule has 0 saturated carbocycles. The lowest BCUT2D eigenvalue weighted by atomic mass is 10.1. The van der Waals surface area contributed by atoms with E-state index in [4.69, 9.17) is 0 Å². The number of rotatable bonds is 5. The van der Waals surface area contributed by atoms with Gasteiger partial charge in [0, 0.05) is 12.7 Å². The summed E-state index contributed by atoms with van der Waals surface area (Å²) in [5.41, 5.74) is -0.657. The number of halogens is 2. The Morgan fingerprint density at radius 1 is 1.13 bits per heavy atom. The summed E-state index contributed by atoms with van der Waals surface area (Å²) in [6.45, 7) is 0.348. The van der Waals surface area contributed by atoms with Gasteiger partial charge in [-0.2, -0.15) is 4.98 Å². The normalized spacial score (nSPS) is 11.0. The molecule has 0 aliphatic heterocycles. The van der Waals surface area contributed by atoms with Gasteiger partial charge in [-0.25, -0.2) is 23.1 Å². The van der Waals surface area contributed by atoms with Crippen LogP contribution in [0.5, 0.6) is 5.75 Å². The first-order chi connectivity index (χ1) is 14.4. The van der Waals surface area contributed by atoms with E-state index in [2.05, 4.69) is 20.3 Å². The minimum atomic E-state index is -0.762. The zero-order chi connectivity index (χ0) is 21.3. The molecule has 2 heterocycles. The Bertz CT molecular complexity index is 1370. The first-order valence-corrected chi connectivity index (χ1v) is 8.91. The molecule has 8 nitrogen and oxygen atoms in total. The van der Waals surface area contributed by atoms with Crippen molar-refractivity contribution in [3.63, 3.8) is 0 Å². The Kier molecular flexibility index (Phi) is 4.97. The third-order valence-electron chi connectivity index (χ3n) is 4.43. The predicted octanol–water partition coefficient (Wildman–Crippen LogP) is 2.11. The molecule has 0 unspecified atom stereocenters. The zero-order valence-corrected chi connectivity index (χ0v) is 15.4. The second kappa shape index (κ2) is 7.74. The van der Waals surface area contributed by atoms with Crippen LogP contribution in [-0.4, -0.2) is 31.2 Å². The van der Waals surface area contributed by atoms with Crippen molar-refractivity contribution in [1.29, 1.82) is 0 Å². The Morgan fingerprint density at radius 2 is 1.97 bits per heavy atom. The molecule has 0 aliphatic rings. The van der Waals surface area contributed by atoms with Crippen LogP contribution in [0.1, 0.15) is 5.56 Å². The fourth-order valence-corrected chi connectivity index (χ4v) is 2.96. The second-order valence-corrected chi connectivity index (χ2v) is 6.47. The molecular weight excluding hydrogens is 396 g/mol. The molecule has 0 atom stereocenters. The van der Waals surface area contributed by atoms with Crippen LogP contribution < -0.4 is 16.6 Å². The highest BCUT2D eigenvalue weighted by Crippen LogP contribution is 2.16. The lowest BCUT2D eigenvalue weighted by molar-refractivity contribution is 0.432. The summed E-state index contributed by atoms with van der Waals surface area (Å²) < 4.78 is 27.7. The van der Waals surface area contributed by atoms with E-state index in [1.165, 1.54) is 36.5 Å². The molecule has 0 spiro atoms. The third kappa shape index (κ3) is 3.75. The van der Waals surface area contributed by atoms with Crippen LogP contribution in [0, 0.1) is 11.6 Å². The maximum absolute atomic E-state index is 13.5. The van der Waals surface area contributed by atoms with Gasteiger partial charge in [0.25, 0.3) is 5.56 Å². The molecule has 152 valence electrons. The number of anilines is 1. The van der Waals surface area contributed by atoms with Gasteiger partial charge in [-0.3, -0.25) is 9.78 Å². The van der Waals surface area contributed by atoms with Crippen molar-refractivity contribution in [2.24, 2.45) is 0 Å². The maximum Gasteiger partial charge on any atom is 0.334 e. The van der Waals surface area contributed by atoms with Gasteiger partial charge in [-0.15, -0.1) is 0 Å². The summed E-state index contributed by atoms with van der Waals surface area (Å²) in [5, 5.41) is 12.2. The summed E-state index contributed by atoms with van der Waals surface area (Å²) in [7, 11) is 0. The Balaban J connectivity index is 1.59. The number of hydrogen-bond donors (Lipinski definition) is 3. The number of hydrogen-bond acceptors (Lipinski definition) is 6. The number of nitrogens with one attached hydrogen (secondary N) is 2. The van der Waals surface area contributed by atoms with Gasteiger partial charge < -0.3 is 10.4 Å². The number of H-pyrrole nitrogens is 1. The Morgan fingerprint density at radius 3 is 2.73 bits per heavy atom. The minimum Gasteiger partial charge on any atom is -0.505 e. The van der Waals surface area contributed by atoms with Crippen LogP contribution in [0.15, 0.2) is 58.3 Å². The summed E-state index contributed by atoms with van der Waals surface area (Å²) in [4.78, 5) is 35.8. The van der Waals surface area contributed by atoms with Crippen molar-refractivity contribution in [2.45, 2.75) is 6.42 Å². The molecule has 4 aromatic rings. The van der Waals surface area contributed by atoms with Crippen LogP contribution in [0.4, 0.5) is 14.7 Å². The molecule has 3 N–H and O–H groups in total. The highest BCUT2D eigenvalue weighted by molar-refractivity contribution is 5.73. The second-order valence-electron chi connectivity index (χ2n) is 6.47. The maximum atomic E-state index is 13.5. The molecule has 4 rings (SSSR count). The molecule has 2 aromatic carbocycles. The van der Waals surface area contributed by atoms with Crippen LogP contribution in [0.3, 0.4) is 0 Å². The van der Waals surface area contributed by atoms with Gasteiger partial charge in [-0.05, 0) is 42.3 Å². The summed E-state index contributed by atoms with van der Waals surface area (Å²) >= 11 is 0. The SMILES string of the molecule is O=c1[nH]c2nc(NCCc3ccc(O)c(F)c3)ncc2c(=O)n1-c1cccc(F)c1. The third-order valence-corrected chi connectivity index (χ3v) is 4.43. The molecule has 0 saturated heterocycles. The van der Waals surface area contributed by atoms with E-state index in [1.807, 2.05) is 0 Å². The van der Waals surface area contributed by atoms with Crippen molar-refractivity contribution >= 4 is 17.0 Å². The zero-order valence-electron chi connectivity index (χ0n) is 15.4. The van der Waals surface area contributed by atoms with E-state index in [1.54, 1.807) is 6.07 Å². The first-order valence-electron chi connectivity index (χ1n) is 8.91. The van der Waals surface area contributed by atoms with Gasteiger partial charge in [-0.1, -0.05) is 12.1 Å². The average molecular weight is 411 g/mol. The van der Waals surface area contributed by atoms with Gasteiger partial charge in [0.1, 0.15) is 11.2 Å². The van der Waals surface area contributed by atoms with E-state index in [9.17, 15) is 23.5 Å². The quantitative estimate of drug-likeness (QED) is 0.464. The van der Waals surface area contributed by atoms with Crippen molar-refractivity contribution < 1.29 is 13.9 Å². The van der Waals surface area contributed by atoms with E-state index >= 15 is 0 Å². The fourth-order valence-electron chi connectivity index (χ4n) is 2.96. The van der Waals surface area contributed by atoms with Crippen LogP contribution in [-0.2, 0) is 6.42 Å². The van der Waals surface area contributed by atoms with Crippen LogP contribution >= 0.6 is 0 Å². The lowest BCUT2D eigenvalue weighted by Gasteiger charge is -2.08. The number of phenols is 1. The van der Waals surface area contributed by atoms with Gasteiger partial charge in [0.05, 0.1) is 5.69 Å². The average Bonchev–Trinajstić information content (AvgIpc) is 2.70. The molecule has 0 radical (unpaired) electrons. The molecule has 2 aromatic heterocycles. The highest BCUT2D eigenvalue weighted by Gasteiger charge is 2.12. The largest absolute Gasteiger partial charge is 0.505 e. The number of aromatic nitrogens is 4. The van der Waals surface area contributed by atoms with Crippen molar-refractivity contribution in [1.82, 2.24) is 19.5 Å². The first kappa shape index (κ1) is 19.2.